The molecule has 578 valence electrons. The van der Waals surface area contributed by atoms with Crippen molar-refractivity contribution in [2.45, 2.75) is 201 Å². The first kappa shape index (κ1) is 88.2. The van der Waals surface area contributed by atoms with Crippen molar-refractivity contribution in [3.63, 3.8) is 0 Å². The van der Waals surface area contributed by atoms with Crippen molar-refractivity contribution in [2.24, 2.45) is 16.2 Å². The van der Waals surface area contributed by atoms with Crippen LogP contribution in [0, 0.1) is 39.5 Å². The summed E-state index contributed by atoms with van der Waals surface area (Å²) in [6, 6.07) is 28.2. The van der Waals surface area contributed by atoms with Crippen LogP contribution in [0.25, 0.3) is 37.5 Å². The van der Waals surface area contributed by atoms with Gasteiger partial charge in [0.25, 0.3) is 0 Å². The number of sulfonamides is 2. The van der Waals surface area contributed by atoms with Gasteiger partial charge >= 0.3 is 29.8 Å². The second-order valence-electron chi connectivity index (χ2n) is 28.8. The Balaban J connectivity index is 0.000000655. The number of fused-ring (bicyclic) bond motifs is 2. The van der Waals surface area contributed by atoms with Crippen molar-refractivity contribution in [3.05, 3.63) is 164 Å². The number of carbonyl (C=O) groups excluding carboxylic acids is 4. The lowest BCUT2D eigenvalue weighted by Crippen LogP contribution is -2.71. The number of aliphatic hydroxyl groups is 1. The molecule has 1 aliphatic carbocycles. The maximum absolute atomic E-state index is 15.8. The highest BCUT2D eigenvalue weighted by atomic mass is 32.3. The van der Waals surface area contributed by atoms with Crippen LogP contribution in [0.3, 0.4) is 0 Å². The molecule has 5 aromatic carbocycles. The lowest BCUT2D eigenvalue weighted by molar-refractivity contribution is -0.404. The van der Waals surface area contributed by atoms with E-state index in [0.29, 0.717) is 52.6 Å². The third-order valence-electron chi connectivity index (χ3n) is 17.9. The number of aliphatic carboxylic acids is 1. The molecule has 26 heteroatoms. The van der Waals surface area contributed by atoms with Gasteiger partial charge in [0.2, 0.25) is 11.0 Å². The molecule has 1 aliphatic heterocycles. The predicted molar refractivity (Wildman–Crippen MR) is 403 cm³/mol. The Kier molecular flexibility index (Phi) is 31.5. The van der Waals surface area contributed by atoms with Gasteiger partial charge in [-0.1, -0.05) is 137 Å². The van der Waals surface area contributed by atoms with Crippen molar-refractivity contribution < 1.29 is 96.9 Å². The quantitative estimate of drug-likeness (QED) is 0.00459. The first-order chi connectivity index (χ1) is 49.4. The van der Waals surface area contributed by atoms with Crippen LogP contribution >= 0.6 is 11.8 Å². The number of aliphatic hydroxyl groups excluding tert-OH is 1. The zero-order chi connectivity index (χ0) is 79.7. The van der Waals surface area contributed by atoms with E-state index in [0.717, 1.165) is 39.7 Å². The molecule has 0 amide bonds. The SMILES string of the molecule is C=C(C)C(=O)OCC(O)COC(=O)C(C)(C)CC.CCC(C)(C)C(=O)O.CCC(C)(C)C(=O)OCCCC(=O)OCCSc1c(F)c(F)c(S(=O)(=O)[N-]S(=O)(=O)c2ccccc2-c2c3ccc(=[NH+]c4c(C(C)C)cccc4C(C)C)cc-3oc3cc(Nc4c(C(C)C)cccc4C(C)C)ccc23)c(F)c1F. The van der Waals surface area contributed by atoms with Crippen LogP contribution in [-0.4, -0.2) is 95.2 Å². The van der Waals surface area contributed by atoms with E-state index in [2.05, 4.69) is 101 Å². The van der Waals surface area contributed by atoms with Gasteiger partial charge in [0, 0.05) is 74.5 Å². The lowest BCUT2D eigenvalue weighted by atomic mass is 9.91. The van der Waals surface area contributed by atoms with Gasteiger partial charge in [0.05, 0.1) is 38.7 Å². The number of ether oxygens (including phenoxy) is 4. The molecule has 5 aromatic rings. The minimum atomic E-state index is -6.08. The molecule has 0 fully saturated rings. The van der Waals surface area contributed by atoms with Crippen LogP contribution in [0.2, 0.25) is 0 Å². The zero-order valence-corrected chi connectivity index (χ0v) is 66.1. The molecular formula is C80H101F4N3O16S3. The molecule has 0 spiro atoms. The van der Waals surface area contributed by atoms with Crippen molar-refractivity contribution in [1.82, 2.24) is 0 Å². The number of nitrogens with one attached hydrogen (secondary N) is 2. The second-order valence-corrected chi connectivity index (χ2v) is 33.2. The standard InChI is InChI=1S/C61H66F4N3O9S3.C13H22O5.C6H12O2/c1-12-61(10,11)60(70)76-29-17-24-50(69)75-30-31-78-58-52(62)54(64)59(55(65)53(58)63)80(73,74)68-79(71,72)49-23-14-13-18-46(49)51-44-27-25-38(66-56-40(34(2)3)19-15-20-41(56)35(4)5)32-47(44)77-48-33-39(26-28-45(48)51)67-57-42(36(6)7)21-16-22-43(57)37(8)9;1-6-13(4,5)12(16)18-8-10(14)7-17-11(15)9(2)3;1-4-6(2,3)5(7)8/h13-16,18-23,25-28,32-37H,12,17,24,29-31H2,1-11H3,(H,66,67);10,14H,2,6-8H2,1,3-5H3;4H2,1-3H3,(H,7,8)/q-1;;/p+1. The summed E-state index contributed by atoms with van der Waals surface area (Å²) < 4.78 is 149. The summed E-state index contributed by atoms with van der Waals surface area (Å²) in [5, 5.41) is 22.6. The molecular weight excluding hydrogens is 1430 g/mol. The van der Waals surface area contributed by atoms with Crippen LogP contribution in [0.5, 0.6) is 0 Å². The van der Waals surface area contributed by atoms with Gasteiger partial charge in [-0.25, -0.2) is 44.2 Å². The maximum Gasteiger partial charge on any atom is 0.333 e. The molecule has 19 nitrogen and oxygen atoms in total. The average Bonchev–Trinajstić information content (AvgIpc) is 0.738. The highest BCUT2D eigenvalue weighted by Crippen LogP contribution is 2.46. The van der Waals surface area contributed by atoms with E-state index >= 15 is 17.6 Å². The smallest absolute Gasteiger partial charge is 0.333 e. The number of benzene rings is 6. The monoisotopic (exact) mass is 1530 g/mol. The highest BCUT2D eigenvalue weighted by molar-refractivity contribution is 8.12. The Bertz CT molecular complexity index is 4520. The number of hydrogen-bond acceptors (Lipinski definition) is 17. The number of carboxylic acids is 1. The molecule has 0 saturated carbocycles. The van der Waals surface area contributed by atoms with Gasteiger partial charge < -0.3 is 43.0 Å². The van der Waals surface area contributed by atoms with Gasteiger partial charge in [0.15, 0.2) is 23.3 Å². The van der Waals surface area contributed by atoms with Crippen molar-refractivity contribution >= 4 is 89.7 Å². The van der Waals surface area contributed by atoms with Crippen LogP contribution in [0.4, 0.5) is 34.6 Å². The van der Waals surface area contributed by atoms with Crippen molar-refractivity contribution in [1.29, 1.82) is 0 Å². The normalized spacial score (nSPS) is 12.6. The summed E-state index contributed by atoms with van der Waals surface area (Å²) in [6.07, 6.45) is 0.792. The fourth-order valence-electron chi connectivity index (χ4n) is 10.2. The second kappa shape index (κ2) is 37.9. The Morgan fingerprint density at radius 2 is 1.14 bits per heavy atom. The molecule has 2 aliphatic rings. The first-order valence-electron chi connectivity index (χ1n) is 35.1. The topological polar surface area (TPSA) is 284 Å². The fraction of sp³-hybridized carbons (Fsp3) is 0.450. The molecule has 106 heavy (non-hydrogen) atoms. The van der Waals surface area contributed by atoms with E-state index < -0.39 is 117 Å². The summed E-state index contributed by atoms with van der Waals surface area (Å²) in [5.74, 6) is -11.5. The fourth-order valence-corrected chi connectivity index (χ4v) is 14.0. The number of anilines is 2. The summed E-state index contributed by atoms with van der Waals surface area (Å²) >= 11 is 0.185. The summed E-state index contributed by atoms with van der Waals surface area (Å²) in [7, 11) is -11.6. The number of carbonyl (C=O) groups is 5. The number of halogens is 4. The van der Waals surface area contributed by atoms with Crippen molar-refractivity contribution in [3.8, 4) is 22.5 Å². The molecule has 1 atom stereocenters. The third kappa shape index (κ3) is 22.8. The van der Waals surface area contributed by atoms with Gasteiger partial charge in [-0.05, 0) is 133 Å². The van der Waals surface area contributed by atoms with Gasteiger partial charge in [0.1, 0.15) is 62.2 Å². The van der Waals surface area contributed by atoms with Gasteiger partial charge in [-0.3, -0.25) is 19.2 Å². The number of para-hydroxylation sites is 2. The molecule has 0 radical (unpaired) electrons. The molecule has 7 rings (SSSR count). The minimum absolute atomic E-state index is 0.0601. The van der Waals surface area contributed by atoms with Gasteiger partial charge in [-0.2, -0.15) is 0 Å². The summed E-state index contributed by atoms with van der Waals surface area (Å²) in [4.78, 5) is 56.7. The highest BCUT2D eigenvalue weighted by Gasteiger charge is 2.34. The largest absolute Gasteiger partial charge is 0.481 e. The van der Waals surface area contributed by atoms with E-state index in [9.17, 15) is 45.9 Å². The Hall–Kier alpha value is -8.43. The zero-order valence-electron chi connectivity index (χ0n) is 63.7. The number of nitrogens with zero attached hydrogens (tertiary/aromatic N) is 1. The third-order valence-corrected chi connectivity index (χ3v) is 22.3. The predicted octanol–water partition coefficient (Wildman–Crippen LogP) is 17.1. The lowest BCUT2D eigenvalue weighted by Gasteiger charge is -2.25. The molecule has 0 saturated heterocycles. The number of thioether (sulfide) groups is 1. The van der Waals surface area contributed by atoms with E-state index in [4.69, 9.17) is 28.5 Å². The van der Waals surface area contributed by atoms with Crippen LogP contribution in [0.15, 0.2) is 128 Å². The Labute approximate surface area is 624 Å². The average molecular weight is 1530 g/mol. The number of carboxylic acid groups (broad SMARTS) is 1. The van der Waals surface area contributed by atoms with E-state index in [1.165, 1.54) is 25.1 Å². The maximum atomic E-state index is 15.8. The molecule has 1 unspecified atom stereocenters. The Morgan fingerprint density at radius 3 is 1.65 bits per heavy atom. The summed E-state index contributed by atoms with van der Waals surface area (Å²) in [5.41, 5.74) is 6.13. The molecule has 0 aromatic heterocycles. The minimum Gasteiger partial charge on any atom is -0.481 e. The van der Waals surface area contributed by atoms with Crippen molar-refractivity contribution in [2.75, 3.05) is 37.5 Å². The Morgan fingerprint density at radius 1 is 0.623 bits per heavy atom. The van der Waals surface area contributed by atoms with E-state index in [1.54, 1.807) is 77.9 Å². The van der Waals surface area contributed by atoms with Crippen LogP contribution in [-0.2, 0) is 63.0 Å². The van der Waals surface area contributed by atoms with E-state index in [-0.39, 0.29) is 90.8 Å². The number of rotatable bonds is 31. The molecule has 0 bridgehead atoms. The van der Waals surface area contributed by atoms with Crippen LogP contribution in [0.1, 0.15) is 203 Å². The van der Waals surface area contributed by atoms with Crippen LogP contribution < -0.4 is 15.7 Å². The first-order valence-corrected chi connectivity index (χ1v) is 39.0. The molecule has 1 heterocycles. The van der Waals surface area contributed by atoms with E-state index in [1.807, 2.05) is 32.9 Å². The number of hydrogen-bond donors (Lipinski definition) is 4. The summed E-state index contributed by atoms with van der Waals surface area (Å²) in [6.45, 7) is 36.8. The molecule has 4 N–H and O–H groups in total. The number of esters is 4. The van der Waals surface area contributed by atoms with Gasteiger partial charge in [-0.15, -0.1) is 11.8 Å².